The molecule has 0 aromatic heterocycles. The van der Waals surface area contributed by atoms with E-state index in [1.54, 1.807) is 21.3 Å². The van der Waals surface area contributed by atoms with E-state index in [1.165, 1.54) is 21.9 Å². The van der Waals surface area contributed by atoms with Gasteiger partial charge in [-0.25, -0.2) is 0 Å². The van der Waals surface area contributed by atoms with E-state index in [2.05, 4.69) is 52.3 Å². The molecular formula is C25H30N2O3. The number of piperazine rings is 1. The summed E-state index contributed by atoms with van der Waals surface area (Å²) in [5.41, 5.74) is 2.58. The van der Waals surface area contributed by atoms with Crippen molar-refractivity contribution in [2.45, 2.75) is 13.1 Å². The van der Waals surface area contributed by atoms with Gasteiger partial charge < -0.3 is 14.2 Å². The van der Waals surface area contributed by atoms with Gasteiger partial charge in [0.05, 0.1) is 21.3 Å². The van der Waals surface area contributed by atoms with Crippen molar-refractivity contribution in [3.63, 3.8) is 0 Å². The molecule has 0 amide bonds. The SMILES string of the molecule is COc1cc(CN2CCN(Cc3cccc4ccccc34)CC2)cc(OC)c1OC. The molecule has 1 saturated heterocycles. The molecule has 0 saturated carbocycles. The standard InChI is InChI=1S/C25H30N2O3/c1-28-23-15-19(16-24(29-2)25(23)30-3)17-26-11-13-27(14-12-26)18-21-9-6-8-20-7-4-5-10-22(20)21/h4-10,15-16H,11-14,17-18H2,1-3H3. The van der Waals surface area contributed by atoms with Crippen LogP contribution in [-0.2, 0) is 13.1 Å². The van der Waals surface area contributed by atoms with Crippen molar-refractivity contribution < 1.29 is 14.2 Å². The Balaban J connectivity index is 1.39. The van der Waals surface area contributed by atoms with E-state index in [1.807, 2.05) is 12.1 Å². The van der Waals surface area contributed by atoms with Crippen molar-refractivity contribution >= 4 is 10.8 Å². The predicted molar refractivity (Wildman–Crippen MR) is 121 cm³/mol. The summed E-state index contributed by atoms with van der Waals surface area (Å²) in [5.74, 6) is 2.06. The molecule has 3 aromatic rings. The zero-order chi connectivity index (χ0) is 20.9. The topological polar surface area (TPSA) is 34.2 Å². The number of methoxy groups -OCH3 is 3. The van der Waals surface area contributed by atoms with E-state index >= 15 is 0 Å². The summed E-state index contributed by atoms with van der Waals surface area (Å²) in [5, 5.41) is 2.68. The van der Waals surface area contributed by atoms with Crippen molar-refractivity contribution in [3.05, 3.63) is 65.7 Å². The first-order valence-electron chi connectivity index (χ1n) is 10.4. The van der Waals surface area contributed by atoms with E-state index in [9.17, 15) is 0 Å². The molecule has 1 fully saturated rings. The minimum Gasteiger partial charge on any atom is -0.493 e. The first kappa shape index (κ1) is 20.5. The van der Waals surface area contributed by atoms with Gasteiger partial charge in [-0.15, -0.1) is 0 Å². The summed E-state index contributed by atoms with van der Waals surface area (Å²) in [6.07, 6.45) is 0. The van der Waals surface area contributed by atoms with Crippen molar-refractivity contribution in [1.29, 1.82) is 0 Å². The molecule has 1 aliphatic heterocycles. The maximum atomic E-state index is 5.50. The fourth-order valence-electron chi connectivity index (χ4n) is 4.26. The summed E-state index contributed by atoms with van der Waals surface area (Å²) < 4.78 is 16.4. The second-order valence-corrected chi connectivity index (χ2v) is 7.72. The summed E-state index contributed by atoms with van der Waals surface area (Å²) in [4.78, 5) is 5.04. The number of benzene rings is 3. The second-order valence-electron chi connectivity index (χ2n) is 7.72. The van der Waals surface area contributed by atoms with Gasteiger partial charge >= 0.3 is 0 Å². The monoisotopic (exact) mass is 406 g/mol. The normalized spacial score (nSPS) is 15.3. The van der Waals surface area contributed by atoms with Crippen LogP contribution in [0.1, 0.15) is 11.1 Å². The Morgan fingerprint density at radius 2 is 1.30 bits per heavy atom. The van der Waals surface area contributed by atoms with Gasteiger partial charge in [-0.2, -0.15) is 0 Å². The Hall–Kier alpha value is -2.76. The molecule has 1 heterocycles. The Labute approximate surface area is 178 Å². The minimum absolute atomic E-state index is 0.642. The highest BCUT2D eigenvalue weighted by Gasteiger charge is 2.20. The minimum atomic E-state index is 0.642. The van der Waals surface area contributed by atoms with Gasteiger partial charge in [-0.05, 0) is 34.0 Å². The largest absolute Gasteiger partial charge is 0.493 e. The third-order valence-electron chi connectivity index (χ3n) is 5.87. The summed E-state index contributed by atoms with van der Waals surface area (Å²) in [6, 6.07) is 19.3. The van der Waals surface area contributed by atoms with Gasteiger partial charge in [0, 0.05) is 39.3 Å². The zero-order valence-electron chi connectivity index (χ0n) is 18.1. The Kier molecular flexibility index (Phi) is 6.41. The highest BCUT2D eigenvalue weighted by Crippen LogP contribution is 2.38. The lowest BCUT2D eigenvalue weighted by Crippen LogP contribution is -2.45. The second kappa shape index (κ2) is 9.37. The van der Waals surface area contributed by atoms with Crippen LogP contribution < -0.4 is 14.2 Å². The first-order valence-corrected chi connectivity index (χ1v) is 10.4. The number of ether oxygens (including phenoxy) is 3. The van der Waals surface area contributed by atoms with Crippen LogP contribution in [0.25, 0.3) is 10.8 Å². The lowest BCUT2D eigenvalue weighted by molar-refractivity contribution is 0.122. The number of fused-ring (bicyclic) bond motifs is 1. The average Bonchev–Trinajstić information content (AvgIpc) is 2.80. The van der Waals surface area contributed by atoms with Crippen LogP contribution in [0.4, 0.5) is 0 Å². The van der Waals surface area contributed by atoms with Crippen molar-refractivity contribution in [3.8, 4) is 17.2 Å². The number of rotatable bonds is 7. The molecule has 5 nitrogen and oxygen atoms in total. The van der Waals surface area contributed by atoms with Crippen molar-refractivity contribution in [1.82, 2.24) is 9.80 Å². The summed E-state index contributed by atoms with van der Waals surface area (Å²) >= 11 is 0. The van der Waals surface area contributed by atoms with E-state index in [0.717, 1.165) is 39.3 Å². The maximum absolute atomic E-state index is 5.50. The van der Waals surface area contributed by atoms with Crippen LogP contribution in [0.2, 0.25) is 0 Å². The molecule has 0 aliphatic carbocycles. The first-order chi connectivity index (χ1) is 14.7. The van der Waals surface area contributed by atoms with Gasteiger partial charge in [0.1, 0.15) is 0 Å². The Bertz CT molecular complexity index is 966. The quantitative estimate of drug-likeness (QED) is 0.588. The zero-order valence-corrected chi connectivity index (χ0v) is 18.1. The lowest BCUT2D eigenvalue weighted by Gasteiger charge is -2.35. The molecule has 0 spiro atoms. The predicted octanol–water partition coefficient (Wildman–Crippen LogP) is 4.18. The molecule has 0 radical (unpaired) electrons. The number of nitrogens with zero attached hydrogens (tertiary/aromatic N) is 2. The number of hydrogen-bond acceptors (Lipinski definition) is 5. The van der Waals surface area contributed by atoms with Gasteiger partial charge in [-0.1, -0.05) is 42.5 Å². The maximum Gasteiger partial charge on any atom is 0.203 e. The molecule has 0 bridgehead atoms. The van der Waals surface area contributed by atoms with Gasteiger partial charge in [0.25, 0.3) is 0 Å². The molecule has 4 rings (SSSR count). The molecule has 0 unspecified atom stereocenters. The van der Waals surface area contributed by atoms with Gasteiger partial charge in [0.15, 0.2) is 11.5 Å². The fraction of sp³-hybridized carbons (Fsp3) is 0.360. The van der Waals surface area contributed by atoms with Crippen molar-refractivity contribution in [2.24, 2.45) is 0 Å². The van der Waals surface area contributed by atoms with E-state index in [-0.39, 0.29) is 0 Å². The molecule has 3 aromatic carbocycles. The van der Waals surface area contributed by atoms with Crippen LogP contribution in [0.3, 0.4) is 0 Å². The van der Waals surface area contributed by atoms with Crippen LogP contribution in [0.5, 0.6) is 17.2 Å². The molecule has 1 aliphatic rings. The third-order valence-corrected chi connectivity index (χ3v) is 5.87. The van der Waals surface area contributed by atoms with E-state index in [4.69, 9.17) is 14.2 Å². The molecular weight excluding hydrogens is 376 g/mol. The lowest BCUT2D eigenvalue weighted by atomic mass is 10.0. The van der Waals surface area contributed by atoms with Gasteiger partial charge in [0.2, 0.25) is 5.75 Å². The number of hydrogen-bond donors (Lipinski definition) is 0. The smallest absolute Gasteiger partial charge is 0.203 e. The van der Waals surface area contributed by atoms with Crippen LogP contribution in [0, 0.1) is 0 Å². The fourth-order valence-corrected chi connectivity index (χ4v) is 4.26. The van der Waals surface area contributed by atoms with E-state index in [0.29, 0.717) is 17.2 Å². The van der Waals surface area contributed by atoms with E-state index < -0.39 is 0 Å². The summed E-state index contributed by atoms with van der Waals surface area (Å²) in [6.45, 7) is 6.09. The molecule has 0 atom stereocenters. The highest BCUT2D eigenvalue weighted by molar-refractivity contribution is 5.85. The van der Waals surface area contributed by atoms with Gasteiger partial charge in [-0.3, -0.25) is 9.80 Å². The summed E-state index contributed by atoms with van der Waals surface area (Å²) in [7, 11) is 4.95. The van der Waals surface area contributed by atoms with Crippen LogP contribution in [0.15, 0.2) is 54.6 Å². The highest BCUT2D eigenvalue weighted by atomic mass is 16.5. The van der Waals surface area contributed by atoms with Crippen molar-refractivity contribution in [2.75, 3.05) is 47.5 Å². The molecule has 158 valence electrons. The average molecular weight is 407 g/mol. The Morgan fingerprint density at radius 3 is 1.93 bits per heavy atom. The molecule has 5 heteroatoms. The van der Waals surface area contributed by atoms with Crippen LogP contribution >= 0.6 is 0 Å². The Morgan fingerprint density at radius 1 is 0.700 bits per heavy atom. The molecule has 0 N–H and O–H groups in total. The third kappa shape index (κ3) is 4.37. The van der Waals surface area contributed by atoms with Crippen LogP contribution in [-0.4, -0.2) is 57.3 Å². The molecule has 30 heavy (non-hydrogen) atoms.